The highest BCUT2D eigenvalue weighted by Crippen LogP contribution is 2.23. The second-order valence-corrected chi connectivity index (χ2v) is 6.53. The Kier molecular flexibility index (Phi) is 4.79. The van der Waals surface area contributed by atoms with Crippen LogP contribution in [-0.2, 0) is 4.74 Å². The summed E-state index contributed by atoms with van der Waals surface area (Å²) in [6, 6.07) is 6.58. The van der Waals surface area contributed by atoms with Crippen molar-refractivity contribution in [1.82, 2.24) is 10.2 Å². The maximum Gasteiger partial charge on any atom is 0.407 e. The van der Waals surface area contributed by atoms with Gasteiger partial charge in [-0.25, -0.2) is 9.69 Å². The number of imide groups is 1. The fourth-order valence-electron chi connectivity index (χ4n) is 2.11. The molecule has 122 valence electrons. The van der Waals surface area contributed by atoms with Gasteiger partial charge in [0.2, 0.25) is 0 Å². The zero-order chi connectivity index (χ0) is 17.2. The summed E-state index contributed by atoms with van der Waals surface area (Å²) in [5, 5.41) is 2.55. The van der Waals surface area contributed by atoms with Gasteiger partial charge in [0.25, 0.3) is 11.8 Å². The van der Waals surface area contributed by atoms with Gasteiger partial charge in [0.1, 0.15) is 5.60 Å². The number of rotatable bonds is 3. The van der Waals surface area contributed by atoms with Crippen molar-refractivity contribution in [3.63, 3.8) is 0 Å². The Bertz CT molecular complexity index is 644. The Hall–Kier alpha value is -2.28. The molecule has 0 aliphatic carbocycles. The molecule has 23 heavy (non-hydrogen) atoms. The average molecular weight is 334 g/mol. The average Bonchev–Trinajstić information content (AvgIpc) is 2.69. The van der Waals surface area contributed by atoms with E-state index in [9.17, 15) is 14.4 Å². The third-order valence-electron chi connectivity index (χ3n) is 3.05. The van der Waals surface area contributed by atoms with Crippen LogP contribution in [0.5, 0.6) is 0 Å². The molecule has 0 atom stereocenters. The minimum Gasteiger partial charge on any atom is -0.444 e. The first-order valence-corrected chi connectivity index (χ1v) is 7.59. The van der Waals surface area contributed by atoms with Gasteiger partial charge in [0.05, 0.1) is 16.1 Å². The molecule has 7 heteroatoms. The van der Waals surface area contributed by atoms with Crippen molar-refractivity contribution in [2.24, 2.45) is 0 Å². The van der Waals surface area contributed by atoms with Gasteiger partial charge >= 0.3 is 6.09 Å². The molecule has 1 aromatic rings. The van der Waals surface area contributed by atoms with Crippen molar-refractivity contribution >= 4 is 35.1 Å². The quantitative estimate of drug-likeness (QED) is 0.679. The number of nitrogens with one attached hydrogen (secondary N) is 1. The molecule has 0 aromatic heterocycles. The van der Waals surface area contributed by atoms with E-state index in [0.717, 1.165) is 4.90 Å². The Labute approximate surface area is 139 Å². The van der Waals surface area contributed by atoms with E-state index in [2.05, 4.69) is 5.32 Å². The van der Waals surface area contributed by atoms with E-state index in [4.69, 9.17) is 17.0 Å². The first-order chi connectivity index (χ1) is 10.7. The zero-order valence-electron chi connectivity index (χ0n) is 13.2. The van der Waals surface area contributed by atoms with Crippen molar-refractivity contribution < 1.29 is 19.1 Å². The summed E-state index contributed by atoms with van der Waals surface area (Å²) in [7, 11) is 0. The molecule has 1 aliphatic heterocycles. The number of ether oxygens (including phenoxy) is 1. The number of hydrogen-bond acceptors (Lipinski definition) is 5. The molecule has 6 nitrogen and oxygen atoms in total. The topological polar surface area (TPSA) is 75.7 Å². The molecular weight excluding hydrogens is 316 g/mol. The van der Waals surface area contributed by atoms with Gasteiger partial charge in [-0.2, -0.15) is 0 Å². The van der Waals surface area contributed by atoms with Crippen LogP contribution in [0.3, 0.4) is 0 Å². The smallest absolute Gasteiger partial charge is 0.407 e. The van der Waals surface area contributed by atoms with Crippen LogP contribution in [0.4, 0.5) is 4.79 Å². The third-order valence-corrected chi connectivity index (χ3v) is 3.44. The molecule has 0 radical (unpaired) electrons. The van der Waals surface area contributed by atoms with Crippen molar-refractivity contribution in [2.75, 3.05) is 6.54 Å². The SMILES string of the molecule is CC(C)(C)OC(=O)NCCC(=S)N1C(=O)c2ccccc2C1=O. The van der Waals surface area contributed by atoms with Crippen molar-refractivity contribution in [3.8, 4) is 0 Å². The number of benzene rings is 1. The number of hydrogen-bond donors (Lipinski definition) is 1. The molecule has 0 unspecified atom stereocenters. The lowest BCUT2D eigenvalue weighted by molar-refractivity contribution is 0.0529. The lowest BCUT2D eigenvalue weighted by Crippen LogP contribution is -2.38. The van der Waals surface area contributed by atoms with Crippen LogP contribution in [0, 0.1) is 0 Å². The summed E-state index contributed by atoms with van der Waals surface area (Å²) < 4.78 is 5.10. The molecule has 1 aliphatic rings. The fraction of sp³-hybridized carbons (Fsp3) is 0.375. The molecule has 0 bridgehead atoms. The Morgan fingerprint density at radius 3 is 2.17 bits per heavy atom. The number of thiocarbonyl (C=S) groups is 1. The van der Waals surface area contributed by atoms with Gasteiger partial charge in [-0.3, -0.25) is 9.59 Å². The largest absolute Gasteiger partial charge is 0.444 e. The third kappa shape index (κ3) is 3.92. The number of amides is 3. The second-order valence-electron chi connectivity index (χ2n) is 6.06. The number of fused-ring (bicyclic) bond motifs is 1. The molecular formula is C16H18N2O4S. The highest BCUT2D eigenvalue weighted by Gasteiger charge is 2.37. The molecule has 1 N–H and O–H groups in total. The molecule has 0 spiro atoms. The van der Waals surface area contributed by atoms with E-state index < -0.39 is 23.5 Å². The van der Waals surface area contributed by atoms with Gasteiger partial charge in [-0.05, 0) is 32.9 Å². The van der Waals surface area contributed by atoms with Gasteiger partial charge < -0.3 is 10.1 Å². The first kappa shape index (κ1) is 17.1. The van der Waals surface area contributed by atoms with E-state index >= 15 is 0 Å². The number of nitrogens with zero attached hydrogens (tertiary/aromatic N) is 1. The minimum absolute atomic E-state index is 0.173. The van der Waals surface area contributed by atoms with Gasteiger partial charge in [-0.1, -0.05) is 24.4 Å². The maximum atomic E-state index is 12.2. The van der Waals surface area contributed by atoms with Crippen LogP contribution in [0.2, 0.25) is 0 Å². The maximum absolute atomic E-state index is 12.2. The molecule has 2 rings (SSSR count). The highest BCUT2D eigenvalue weighted by atomic mass is 32.1. The summed E-state index contributed by atoms with van der Waals surface area (Å²) in [5.74, 6) is -0.847. The van der Waals surface area contributed by atoms with Crippen LogP contribution in [0.1, 0.15) is 47.9 Å². The van der Waals surface area contributed by atoms with Crippen LogP contribution in [-0.4, -0.2) is 39.9 Å². The Morgan fingerprint density at radius 1 is 1.17 bits per heavy atom. The van der Waals surface area contributed by atoms with E-state index in [1.807, 2.05) is 0 Å². The van der Waals surface area contributed by atoms with Crippen molar-refractivity contribution in [2.45, 2.75) is 32.8 Å². The summed E-state index contributed by atoms with van der Waals surface area (Å²) >= 11 is 5.17. The molecule has 0 saturated heterocycles. The standard InChI is InChI=1S/C16H18N2O4S/c1-16(2,3)22-15(21)17-9-8-12(23)18-13(19)10-6-4-5-7-11(10)14(18)20/h4-7H,8-9H2,1-3H3,(H,17,21). The monoisotopic (exact) mass is 334 g/mol. The predicted molar refractivity (Wildman–Crippen MR) is 88.4 cm³/mol. The molecule has 0 fully saturated rings. The molecule has 0 saturated carbocycles. The summed E-state index contributed by atoms with van der Waals surface area (Å²) in [6.45, 7) is 5.46. The Balaban J connectivity index is 1.92. The van der Waals surface area contributed by atoms with Crippen molar-refractivity contribution in [3.05, 3.63) is 35.4 Å². The lowest BCUT2D eigenvalue weighted by Gasteiger charge is -2.20. The van der Waals surface area contributed by atoms with Crippen LogP contribution in [0.25, 0.3) is 0 Å². The van der Waals surface area contributed by atoms with Crippen LogP contribution in [0.15, 0.2) is 24.3 Å². The second kappa shape index (κ2) is 6.45. The van der Waals surface area contributed by atoms with Crippen LogP contribution >= 0.6 is 12.2 Å². The Morgan fingerprint density at radius 2 is 1.70 bits per heavy atom. The highest BCUT2D eigenvalue weighted by molar-refractivity contribution is 7.80. The normalized spacial score (nSPS) is 13.8. The summed E-state index contributed by atoms with van der Waals surface area (Å²) in [6.07, 6.45) is -0.372. The van der Waals surface area contributed by atoms with Crippen LogP contribution < -0.4 is 5.32 Å². The summed E-state index contributed by atoms with van der Waals surface area (Å²) in [5.41, 5.74) is 0.104. The number of alkyl carbamates (subject to hydrolysis) is 1. The van der Waals surface area contributed by atoms with Gasteiger partial charge in [0, 0.05) is 13.0 Å². The zero-order valence-corrected chi connectivity index (χ0v) is 14.0. The van der Waals surface area contributed by atoms with E-state index in [1.165, 1.54) is 0 Å². The summed E-state index contributed by atoms with van der Waals surface area (Å²) in [4.78, 5) is 37.2. The van der Waals surface area contributed by atoms with Crippen molar-refractivity contribution in [1.29, 1.82) is 0 Å². The first-order valence-electron chi connectivity index (χ1n) is 7.18. The number of carbonyl (C=O) groups is 3. The molecule has 1 heterocycles. The molecule has 3 amide bonds. The van der Waals surface area contributed by atoms with E-state index in [-0.39, 0.29) is 18.0 Å². The van der Waals surface area contributed by atoms with Gasteiger partial charge in [-0.15, -0.1) is 0 Å². The number of carbonyl (C=O) groups excluding carboxylic acids is 3. The lowest BCUT2D eigenvalue weighted by atomic mass is 10.1. The van der Waals surface area contributed by atoms with E-state index in [1.54, 1.807) is 45.0 Å². The van der Waals surface area contributed by atoms with E-state index in [0.29, 0.717) is 11.1 Å². The minimum atomic E-state index is -0.590. The molecule has 1 aromatic carbocycles. The van der Waals surface area contributed by atoms with Gasteiger partial charge in [0.15, 0.2) is 0 Å². The predicted octanol–water partition coefficient (Wildman–Crippen LogP) is 2.52. The fourth-order valence-corrected chi connectivity index (χ4v) is 2.38.